The van der Waals surface area contributed by atoms with Gasteiger partial charge in [-0.1, -0.05) is 79.2 Å². The summed E-state index contributed by atoms with van der Waals surface area (Å²) in [4.78, 5) is 12.5. The maximum Gasteiger partial charge on any atom is 0.341 e. The number of hydrogen-bond donors (Lipinski definition) is 2. The fourth-order valence-corrected chi connectivity index (χ4v) is 4.60. The van der Waals surface area contributed by atoms with E-state index in [1.807, 2.05) is 36.4 Å². The molecule has 0 heterocycles. The molecule has 0 fully saturated rings. The zero-order chi connectivity index (χ0) is 22.5. The number of fused-ring (bicyclic) bond motifs is 2. The Morgan fingerprint density at radius 1 is 0.968 bits per heavy atom. The monoisotopic (exact) mass is 477 g/mol. The fourth-order valence-electron chi connectivity index (χ4n) is 4.01. The number of hydrogen-bond acceptors (Lipinski definition) is 4. The molecule has 0 unspecified atom stereocenters. The number of aromatic hydroxyl groups is 1. The highest BCUT2D eigenvalue weighted by atomic mass is 79.9. The Bertz CT molecular complexity index is 1350. The predicted octanol–water partition coefficient (Wildman–Crippen LogP) is 6.79. The summed E-state index contributed by atoms with van der Waals surface area (Å²) in [5.74, 6) is -0.733. The highest BCUT2D eigenvalue weighted by molar-refractivity contribution is 9.10. The summed E-state index contributed by atoms with van der Waals surface area (Å²) in [7, 11) is 1.31. The number of anilines is 1. The molecule has 0 spiro atoms. The number of esters is 1. The largest absolute Gasteiger partial charge is 0.506 e. The van der Waals surface area contributed by atoms with Crippen LogP contribution >= 0.6 is 15.9 Å². The molecule has 3 N–H and O–H groups in total. The van der Waals surface area contributed by atoms with Crippen LogP contribution in [-0.4, -0.2) is 18.2 Å². The smallest absolute Gasteiger partial charge is 0.341 e. The molecule has 0 saturated heterocycles. The standard InChI is InChI=1S/C26H24BrNO3/c1-26(2,3)15-9-10-16-14(11-15)12-19(25(30)31-4)24(29)23(16)22-18-8-6-5-7-17(18)20(27)13-21(22)28/h5-13,29H,28H2,1-4H3. The second kappa shape index (κ2) is 7.57. The zero-order valence-corrected chi connectivity index (χ0v) is 19.5. The molecule has 158 valence electrons. The summed E-state index contributed by atoms with van der Waals surface area (Å²) >= 11 is 3.59. The van der Waals surface area contributed by atoms with Gasteiger partial charge in [0.2, 0.25) is 0 Å². The van der Waals surface area contributed by atoms with Crippen LogP contribution in [-0.2, 0) is 10.2 Å². The number of rotatable bonds is 2. The second-order valence-electron chi connectivity index (χ2n) is 8.69. The van der Waals surface area contributed by atoms with E-state index in [1.54, 1.807) is 6.07 Å². The van der Waals surface area contributed by atoms with E-state index >= 15 is 0 Å². The van der Waals surface area contributed by atoms with Crippen molar-refractivity contribution in [2.45, 2.75) is 26.2 Å². The molecule has 0 amide bonds. The Balaban J connectivity index is 2.20. The molecule has 4 aromatic rings. The van der Waals surface area contributed by atoms with Crippen molar-refractivity contribution >= 4 is 49.1 Å². The van der Waals surface area contributed by atoms with Gasteiger partial charge in [-0.15, -0.1) is 0 Å². The van der Waals surface area contributed by atoms with Crippen LogP contribution in [0.1, 0.15) is 36.7 Å². The Morgan fingerprint density at radius 3 is 2.29 bits per heavy atom. The molecule has 0 aromatic heterocycles. The van der Waals surface area contributed by atoms with Crippen molar-refractivity contribution in [1.29, 1.82) is 0 Å². The zero-order valence-electron chi connectivity index (χ0n) is 17.9. The Kier molecular flexibility index (Phi) is 5.18. The third-order valence-corrected chi connectivity index (χ3v) is 6.31. The van der Waals surface area contributed by atoms with Crippen LogP contribution in [0.4, 0.5) is 5.69 Å². The quantitative estimate of drug-likeness (QED) is 0.246. The van der Waals surface area contributed by atoms with Crippen molar-refractivity contribution in [3.05, 3.63) is 70.2 Å². The van der Waals surface area contributed by atoms with E-state index in [9.17, 15) is 9.90 Å². The molecule has 0 aliphatic heterocycles. The van der Waals surface area contributed by atoms with Crippen LogP contribution in [0.5, 0.6) is 5.75 Å². The molecule has 4 nitrogen and oxygen atoms in total. The molecular weight excluding hydrogens is 454 g/mol. The lowest BCUT2D eigenvalue weighted by Crippen LogP contribution is -2.11. The average Bonchev–Trinajstić information content (AvgIpc) is 2.73. The molecule has 0 radical (unpaired) electrons. The molecule has 5 heteroatoms. The SMILES string of the molecule is COC(=O)c1cc2cc(C(C)(C)C)ccc2c(-c2c(N)cc(Br)c3ccccc23)c1O. The Morgan fingerprint density at radius 2 is 1.65 bits per heavy atom. The first-order chi connectivity index (χ1) is 14.6. The van der Waals surface area contributed by atoms with E-state index in [0.717, 1.165) is 31.6 Å². The highest BCUT2D eigenvalue weighted by Crippen LogP contribution is 2.47. The summed E-state index contributed by atoms with van der Waals surface area (Å²) in [5.41, 5.74) is 9.37. The summed E-state index contributed by atoms with van der Waals surface area (Å²) in [6, 6.07) is 17.5. The van der Waals surface area contributed by atoms with Gasteiger partial charge in [-0.25, -0.2) is 4.79 Å². The van der Waals surface area contributed by atoms with Gasteiger partial charge in [0.15, 0.2) is 0 Å². The first-order valence-corrected chi connectivity index (χ1v) is 10.8. The number of carbonyl (C=O) groups excluding carboxylic acids is 1. The van der Waals surface area contributed by atoms with Crippen LogP contribution in [0.3, 0.4) is 0 Å². The lowest BCUT2D eigenvalue weighted by molar-refractivity contribution is 0.0597. The average molecular weight is 478 g/mol. The number of halogens is 1. The van der Waals surface area contributed by atoms with Crippen LogP contribution in [0.15, 0.2) is 59.1 Å². The number of ether oxygens (including phenoxy) is 1. The summed E-state index contributed by atoms with van der Waals surface area (Å²) in [5, 5.41) is 14.8. The molecule has 0 aliphatic rings. The van der Waals surface area contributed by atoms with Crippen molar-refractivity contribution in [3.63, 3.8) is 0 Å². The predicted molar refractivity (Wildman–Crippen MR) is 131 cm³/mol. The summed E-state index contributed by atoms with van der Waals surface area (Å²) in [6.07, 6.45) is 0. The van der Waals surface area contributed by atoms with E-state index in [1.165, 1.54) is 7.11 Å². The first-order valence-electron chi connectivity index (χ1n) is 9.99. The van der Waals surface area contributed by atoms with Crippen molar-refractivity contribution < 1.29 is 14.6 Å². The maximum atomic E-state index is 12.5. The first kappa shape index (κ1) is 21.2. The molecule has 0 aliphatic carbocycles. The second-order valence-corrected chi connectivity index (χ2v) is 9.55. The Hall–Kier alpha value is -3.05. The van der Waals surface area contributed by atoms with Crippen molar-refractivity contribution in [1.82, 2.24) is 0 Å². The molecule has 4 rings (SSSR count). The van der Waals surface area contributed by atoms with Crippen LogP contribution in [0.2, 0.25) is 0 Å². The number of phenols is 1. The topological polar surface area (TPSA) is 72.5 Å². The van der Waals surface area contributed by atoms with Gasteiger partial charge in [0.05, 0.1) is 7.11 Å². The molecule has 4 aromatic carbocycles. The van der Waals surface area contributed by atoms with Gasteiger partial charge in [0.25, 0.3) is 0 Å². The maximum absolute atomic E-state index is 12.5. The summed E-state index contributed by atoms with van der Waals surface area (Å²) < 4.78 is 5.82. The lowest BCUT2D eigenvalue weighted by atomic mass is 9.83. The minimum absolute atomic E-state index is 0.0684. The van der Waals surface area contributed by atoms with Gasteiger partial charge in [0, 0.05) is 21.3 Å². The highest BCUT2D eigenvalue weighted by Gasteiger charge is 2.24. The van der Waals surface area contributed by atoms with Crippen LogP contribution in [0.25, 0.3) is 32.7 Å². The number of benzene rings is 4. The van der Waals surface area contributed by atoms with Gasteiger partial charge in [-0.3, -0.25) is 0 Å². The minimum atomic E-state index is -0.596. The molecule has 31 heavy (non-hydrogen) atoms. The molecule has 0 atom stereocenters. The number of phenolic OH excluding ortho intramolecular Hbond substituents is 1. The van der Waals surface area contributed by atoms with Gasteiger partial charge in [-0.2, -0.15) is 0 Å². The molecular formula is C26H24BrNO3. The van der Waals surface area contributed by atoms with Gasteiger partial charge in [-0.05, 0) is 44.7 Å². The van der Waals surface area contributed by atoms with E-state index in [2.05, 4.69) is 48.8 Å². The van der Waals surface area contributed by atoms with Crippen LogP contribution in [0, 0.1) is 0 Å². The summed E-state index contributed by atoms with van der Waals surface area (Å²) in [6.45, 7) is 6.41. The normalized spacial score (nSPS) is 11.8. The van der Waals surface area contributed by atoms with E-state index in [-0.39, 0.29) is 16.7 Å². The number of nitrogen functional groups attached to an aromatic ring is 1. The van der Waals surface area contributed by atoms with Gasteiger partial charge < -0.3 is 15.6 Å². The fraction of sp³-hybridized carbons (Fsp3) is 0.192. The lowest BCUT2D eigenvalue weighted by Gasteiger charge is -2.22. The van der Waals surface area contributed by atoms with Crippen molar-refractivity contribution in [2.75, 3.05) is 12.8 Å². The Labute approximate surface area is 189 Å². The number of carbonyl (C=O) groups is 1. The van der Waals surface area contributed by atoms with E-state index < -0.39 is 5.97 Å². The molecule has 0 saturated carbocycles. The van der Waals surface area contributed by atoms with Crippen molar-refractivity contribution in [2.24, 2.45) is 0 Å². The van der Waals surface area contributed by atoms with Crippen LogP contribution < -0.4 is 5.73 Å². The van der Waals surface area contributed by atoms with E-state index in [0.29, 0.717) is 16.8 Å². The number of nitrogens with two attached hydrogens (primary N) is 1. The van der Waals surface area contributed by atoms with Gasteiger partial charge >= 0.3 is 5.97 Å². The van der Waals surface area contributed by atoms with Crippen molar-refractivity contribution in [3.8, 4) is 16.9 Å². The number of methoxy groups -OCH3 is 1. The van der Waals surface area contributed by atoms with E-state index in [4.69, 9.17) is 10.5 Å². The third-order valence-electron chi connectivity index (χ3n) is 5.66. The van der Waals surface area contributed by atoms with Gasteiger partial charge in [0.1, 0.15) is 11.3 Å². The third kappa shape index (κ3) is 3.53. The molecule has 0 bridgehead atoms. The minimum Gasteiger partial charge on any atom is -0.506 e.